The van der Waals surface area contributed by atoms with E-state index in [1.165, 1.54) is 0 Å². The molecule has 2 rings (SSSR count). The molecule has 0 aromatic heterocycles. The van der Waals surface area contributed by atoms with Gasteiger partial charge in [-0.1, -0.05) is 6.58 Å². The number of nitrogens with two attached hydrogens (primary N) is 3. The minimum atomic E-state index is -0.252. The van der Waals surface area contributed by atoms with Gasteiger partial charge in [-0.05, 0) is 23.3 Å². The molecule has 1 aromatic rings. The van der Waals surface area contributed by atoms with Crippen molar-refractivity contribution in [1.29, 1.82) is 0 Å². The molecule has 1 saturated heterocycles. The number of aliphatic hydroxyl groups is 1. The second kappa shape index (κ2) is 4.27. The molecule has 1 aliphatic heterocycles. The number of nitrogen functional groups attached to an aromatic ring is 3. The number of anilines is 3. The van der Waals surface area contributed by atoms with Gasteiger partial charge in [0.1, 0.15) is 0 Å². The summed E-state index contributed by atoms with van der Waals surface area (Å²) < 4.78 is 5.59. The quantitative estimate of drug-likeness (QED) is 0.445. The number of rotatable bonds is 2. The summed E-state index contributed by atoms with van der Waals surface area (Å²) in [5.41, 5.74) is 20.2. The fourth-order valence-electron chi connectivity index (χ4n) is 2.07. The lowest BCUT2D eigenvalue weighted by atomic mass is 9.92. The van der Waals surface area contributed by atoms with Crippen LogP contribution in [0.4, 0.5) is 17.1 Å². The number of hydrogen-bond donors (Lipinski definition) is 4. The second-order valence-corrected chi connectivity index (χ2v) is 4.29. The third-order valence-electron chi connectivity index (χ3n) is 3.13. The monoisotopic (exact) mass is 235 g/mol. The van der Waals surface area contributed by atoms with Gasteiger partial charge in [-0.2, -0.15) is 0 Å². The van der Waals surface area contributed by atoms with Crippen LogP contribution in [0, 0.1) is 5.92 Å². The van der Waals surface area contributed by atoms with Crippen LogP contribution in [-0.4, -0.2) is 18.3 Å². The molecule has 7 N–H and O–H groups in total. The molecule has 1 fully saturated rings. The standard InChI is InChI=1S/C12H17N3O2/c1-6-5-17-12(8(6)4-16)7-2-9(13)11(15)10(14)3-7/h2-3,8,12,16H,1,4-5,13-15H2/t8-,12+/m0/s1. The zero-order chi connectivity index (χ0) is 12.6. The Labute approximate surface area is 99.9 Å². The molecule has 17 heavy (non-hydrogen) atoms. The Morgan fingerprint density at radius 2 is 1.88 bits per heavy atom. The lowest BCUT2D eigenvalue weighted by Gasteiger charge is -2.18. The smallest absolute Gasteiger partial charge is 0.0918 e. The van der Waals surface area contributed by atoms with Gasteiger partial charge in [0.05, 0.1) is 36.4 Å². The Morgan fingerprint density at radius 1 is 1.29 bits per heavy atom. The van der Waals surface area contributed by atoms with Gasteiger partial charge in [-0.15, -0.1) is 0 Å². The van der Waals surface area contributed by atoms with E-state index in [-0.39, 0.29) is 18.6 Å². The molecule has 0 unspecified atom stereocenters. The molecular weight excluding hydrogens is 218 g/mol. The molecule has 0 spiro atoms. The van der Waals surface area contributed by atoms with Crippen LogP contribution >= 0.6 is 0 Å². The summed E-state index contributed by atoms with van der Waals surface area (Å²) in [5, 5.41) is 9.33. The number of aliphatic hydroxyl groups excluding tert-OH is 1. The molecular formula is C12H17N3O2. The predicted molar refractivity (Wildman–Crippen MR) is 68.1 cm³/mol. The largest absolute Gasteiger partial charge is 0.397 e. The molecule has 2 atom stereocenters. The molecule has 5 nitrogen and oxygen atoms in total. The molecule has 92 valence electrons. The molecule has 0 amide bonds. The maximum atomic E-state index is 9.33. The maximum Gasteiger partial charge on any atom is 0.0918 e. The molecule has 1 aliphatic rings. The minimum absolute atomic E-state index is 0.00626. The van der Waals surface area contributed by atoms with Crippen molar-refractivity contribution in [3.63, 3.8) is 0 Å². The van der Waals surface area contributed by atoms with Crippen LogP contribution in [0.2, 0.25) is 0 Å². The molecule has 0 aliphatic carbocycles. The van der Waals surface area contributed by atoms with Gasteiger partial charge in [-0.3, -0.25) is 0 Å². The van der Waals surface area contributed by atoms with Crippen LogP contribution in [0.3, 0.4) is 0 Å². The summed E-state index contributed by atoms with van der Waals surface area (Å²) in [6.07, 6.45) is -0.252. The molecule has 0 radical (unpaired) electrons. The van der Waals surface area contributed by atoms with Crippen molar-refractivity contribution in [2.75, 3.05) is 30.4 Å². The highest BCUT2D eigenvalue weighted by Crippen LogP contribution is 2.39. The zero-order valence-electron chi connectivity index (χ0n) is 9.52. The van der Waals surface area contributed by atoms with Crippen molar-refractivity contribution in [1.82, 2.24) is 0 Å². The van der Waals surface area contributed by atoms with Crippen molar-refractivity contribution in [3.8, 4) is 0 Å². The molecule has 5 heteroatoms. The summed E-state index contributed by atoms with van der Waals surface area (Å²) >= 11 is 0. The summed E-state index contributed by atoms with van der Waals surface area (Å²) in [7, 11) is 0. The van der Waals surface area contributed by atoms with Crippen LogP contribution in [-0.2, 0) is 4.74 Å². The average Bonchev–Trinajstić information content (AvgIpc) is 2.66. The van der Waals surface area contributed by atoms with Crippen LogP contribution in [0.25, 0.3) is 0 Å². The molecule has 0 bridgehead atoms. The highest BCUT2D eigenvalue weighted by Gasteiger charge is 2.32. The normalized spacial score (nSPS) is 24.2. The Morgan fingerprint density at radius 3 is 2.41 bits per heavy atom. The van der Waals surface area contributed by atoms with E-state index in [1.807, 2.05) is 0 Å². The summed E-state index contributed by atoms with van der Waals surface area (Å²) in [6, 6.07) is 3.47. The van der Waals surface area contributed by atoms with Crippen molar-refractivity contribution in [3.05, 3.63) is 29.8 Å². The van der Waals surface area contributed by atoms with Gasteiger partial charge >= 0.3 is 0 Å². The lowest BCUT2D eigenvalue weighted by Crippen LogP contribution is -2.14. The van der Waals surface area contributed by atoms with Crippen LogP contribution < -0.4 is 17.2 Å². The Balaban J connectivity index is 2.38. The Hall–Kier alpha value is -1.72. The third-order valence-corrected chi connectivity index (χ3v) is 3.13. The topological polar surface area (TPSA) is 108 Å². The molecule has 1 heterocycles. The van der Waals surface area contributed by atoms with E-state index in [0.29, 0.717) is 23.7 Å². The van der Waals surface area contributed by atoms with E-state index < -0.39 is 0 Å². The van der Waals surface area contributed by atoms with E-state index in [9.17, 15) is 5.11 Å². The Bertz CT molecular complexity index is 436. The SMILES string of the molecule is C=C1CO[C@H](c2cc(N)c(N)c(N)c2)[C@H]1CO. The zero-order valence-corrected chi connectivity index (χ0v) is 9.52. The first-order chi connectivity index (χ1) is 8.04. The van der Waals surface area contributed by atoms with Gasteiger partial charge < -0.3 is 27.0 Å². The highest BCUT2D eigenvalue weighted by molar-refractivity contribution is 5.78. The van der Waals surface area contributed by atoms with E-state index in [4.69, 9.17) is 21.9 Å². The molecule has 0 saturated carbocycles. The van der Waals surface area contributed by atoms with E-state index >= 15 is 0 Å². The lowest BCUT2D eigenvalue weighted by molar-refractivity contribution is 0.0722. The van der Waals surface area contributed by atoms with Gasteiger partial charge in [0.15, 0.2) is 0 Å². The van der Waals surface area contributed by atoms with E-state index in [1.54, 1.807) is 12.1 Å². The van der Waals surface area contributed by atoms with E-state index in [2.05, 4.69) is 6.58 Å². The first kappa shape index (κ1) is 11.8. The van der Waals surface area contributed by atoms with Crippen molar-refractivity contribution >= 4 is 17.1 Å². The van der Waals surface area contributed by atoms with Gasteiger partial charge in [-0.25, -0.2) is 0 Å². The fourth-order valence-corrected chi connectivity index (χ4v) is 2.07. The first-order valence-electron chi connectivity index (χ1n) is 5.39. The number of benzene rings is 1. The van der Waals surface area contributed by atoms with Gasteiger partial charge in [0, 0.05) is 5.92 Å². The predicted octanol–water partition coefficient (Wildman–Crippen LogP) is 0.669. The molecule has 1 aromatic carbocycles. The average molecular weight is 235 g/mol. The summed E-state index contributed by atoms with van der Waals surface area (Å²) in [6.45, 7) is 4.31. The first-order valence-corrected chi connectivity index (χ1v) is 5.39. The minimum Gasteiger partial charge on any atom is -0.397 e. The van der Waals surface area contributed by atoms with E-state index in [0.717, 1.165) is 11.1 Å². The fraction of sp³-hybridized carbons (Fsp3) is 0.333. The second-order valence-electron chi connectivity index (χ2n) is 4.29. The third kappa shape index (κ3) is 1.94. The number of ether oxygens (including phenoxy) is 1. The number of hydrogen-bond acceptors (Lipinski definition) is 5. The van der Waals surface area contributed by atoms with Gasteiger partial charge in [0.2, 0.25) is 0 Å². The van der Waals surface area contributed by atoms with Crippen LogP contribution in [0.5, 0.6) is 0 Å². The van der Waals surface area contributed by atoms with Crippen LogP contribution in [0.15, 0.2) is 24.3 Å². The van der Waals surface area contributed by atoms with Crippen molar-refractivity contribution < 1.29 is 9.84 Å². The Kier molecular flexibility index (Phi) is 2.95. The van der Waals surface area contributed by atoms with Gasteiger partial charge in [0.25, 0.3) is 0 Å². The summed E-state index contributed by atoms with van der Waals surface area (Å²) in [5.74, 6) is -0.113. The highest BCUT2D eigenvalue weighted by atomic mass is 16.5. The van der Waals surface area contributed by atoms with Crippen molar-refractivity contribution in [2.24, 2.45) is 5.92 Å². The van der Waals surface area contributed by atoms with Crippen LogP contribution in [0.1, 0.15) is 11.7 Å². The summed E-state index contributed by atoms with van der Waals surface area (Å²) in [4.78, 5) is 0. The van der Waals surface area contributed by atoms with Crippen molar-refractivity contribution in [2.45, 2.75) is 6.10 Å². The maximum absolute atomic E-state index is 9.33.